The number of unbranched alkanes of at least 4 members (excludes halogenated alkanes) is 13. The molecule has 0 aromatic carbocycles. The molecule has 0 fully saturated rings. The van der Waals surface area contributed by atoms with Gasteiger partial charge < -0.3 is 0 Å². The first-order valence-electron chi connectivity index (χ1n) is 11.1. The third-order valence-corrected chi connectivity index (χ3v) is 6.43. The second-order valence-corrected chi connectivity index (χ2v) is 8.75. The zero-order chi connectivity index (χ0) is 17.9. The van der Waals surface area contributed by atoms with Crippen molar-refractivity contribution in [1.29, 1.82) is 0 Å². The minimum Gasteiger partial charge on any atom is -0.134 e. The molecule has 0 saturated carbocycles. The molecular formula is C23H47P. The Bertz CT molecular complexity index is 248. The predicted octanol–water partition coefficient (Wildman–Crippen LogP) is 8.70. The Balaban J connectivity index is 3.22. The Labute approximate surface area is 156 Å². The van der Waals surface area contributed by atoms with E-state index in [0.717, 1.165) is 11.6 Å². The molecule has 24 heavy (non-hydrogen) atoms. The zero-order valence-corrected chi connectivity index (χ0v) is 18.2. The second-order valence-electron chi connectivity index (χ2n) is 7.89. The van der Waals surface area contributed by atoms with Gasteiger partial charge in [0, 0.05) is 0 Å². The van der Waals surface area contributed by atoms with E-state index in [2.05, 4.69) is 35.7 Å². The standard InChI is InChI=1S/C23H47P/c1-4-6-8-9-10-11-12-13-14-15-16-17-19-21-23(24)22(3)20-18-7-5-2/h5,22-23H,2,4,6-21,24H2,1,3H3. The number of hydrogen-bond acceptors (Lipinski definition) is 0. The molecule has 0 saturated heterocycles. The van der Waals surface area contributed by atoms with Gasteiger partial charge in [0.25, 0.3) is 0 Å². The van der Waals surface area contributed by atoms with Crippen LogP contribution in [0, 0.1) is 5.92 Å². The first-order chi connectivity index (χ1) is 11.7. The molecule has 0 radical (unpaired) electrons. The highest BCUT2D eigenvalue weighted by atomic mass is 31.0. The van der Waals surface area contributed by atoms with Crippen LogP contribution in [-0.2, 0) is 0 Å². The first kappa shape index (κ1) is 24.2. The fraction of sp³-hybridized carbons (Fsp3) is 0.913. The van der Waals surface area contributed by atoms with E-state index in [1.54, 1.807) is 0 Å². The van der Waals surface area contributed by atoms with Gasteiger partial charge in [0.2, 0.25) is 0 Å². The topological polar surface area (TPSA) is 0 Å². The van der Waals surface area contributed by atoms with Crippen molar-refractivity contribution in [2.45, 2.75) is 129 Å². The van der Waals surface area contributed by atoms with Crippen molar-refractivity contribution in [3.63, 3.8) is 0 Å². The van der Waals surface area contributed by atoms with E-state index in [1.165, 1.54) is 109 Å². The number of hydrogen-bond donors (Lipinski definition) is 0. The Morgan fingerprint density at radius 2 is 1.17 bits per heavy atom. The van der Waals surface area contributed by atoms with E-state index in [1.807, 2.05) is 0 Å². The fourth-order valence-corrected chi connectivity index (χ4v) is 3.91. The van der Waals surface area contributed by atoms with E-state index in [4.69, 9.17) is 0 Å². The maximum absolute atomic E-state index is 3.81. The molecule has 0 aliphatic rings. The summed E-state index contributed by atoms with van der Waals surface area (Å²) in [5, 5.41) is 0. The largest absolute Gasteiger partial charge is 0.134 e. The Kier molecular flexibility index (Phi) is 19.6. The van der Waals surface area contributed by atoms with Gasteiger partial charge in [-0.25, -0.2) is 0 Å². The minimum atomic E-state index is 0.822. The molecule has 0 aromatic rings. The monoisotopic (exact) mass is 354 g/mol. The smallest absolute Gasteiger partial charge is 0.0238 e. The Morgan fingerprint density at radius 1 is 0.708 bits per heavy atom. The lowest BCUT2D eigenvalue weighted by atomic mass is 9.96. The van der Waals surface area contributed by atoms with Crippen molar-refractivity contribution < 1.29 is 0 Å². The molecule has 1 heteroatoms. The molecule has 0 amide bonds. The van der Waals surface area contributed by atoms with Crippen LogP contribution in [0.15, 0.2) is 12.7 Å². The van der Waals surface area contributed by atoms with Gasteiger partial charge >= 0.3 is 0 Å². The molecule has 0 bridgehead atoms. The minimum absolute atomic E-state index is 0.822. The maximum atomic E-state index is 3.81. The van der Waals surface area contributed by atoms with E-state index >= 15 is 0 Å². The van der Waals surface area contributed by atoms with E-state index in [-0.39, 0.29) is 0 Å². The fourth-order valence-electron chi connectivity index (χ4n) is 3.48. The molecular weight excluding hydrogens is 307 g/mol. The summed E-state index contributed by atoms with van der Waals surface area (Å²) >= 11 is 0. The molecule has 0 spiro atoms. The van der Waals surface area contributed by atoms with Crippen molar-refractivity contribution in [3.05, 3.63) is 12.7 Å². The van der Waals surface area contributed by atoms with Crippen LogP contribution in [0.2, 0.25) is 0 Å². The van der Waals surface area contributed by atoms with Crippen LogP contribution < -0.4 is 0 Å². The quantitative estimate of drug-likeness (QED) is 0.124. The summed E-state index contributed by atoms with van der Waals surface area (Å²) in [4.78, 5) is 0. The molecule has 3 unspecified atom stereocenters. The van der Waals surface area contributed by atoms with Crippen LogP contribution in [0.25, 0.3) is 0 Å². The highest BCUT2D eigenvalue weighted by Crippen LogP contribution is 2.24. The molecule has 3 atom stereocenters. The second kappa shape index (κ2) is 19.5. The van der Waals surface area contributed by atoms with Crippen molar-refractivity contribution in [3.8, 4) is 0 Å². The normalized spacial score (nSPS) is 13.8. The zero-order valence-electron chi connectivity index (χ0n) is 17.0. The highest BCUT2D eigenvalue weighted by Gasteiger charge is 2.11. The van der Waals surface area contributed by atoms with E-state index in [9.17, 15) is 0 Å². The molecule has 0 aliphatic heterocycles. The van der Waals surface area contributed by atoms with Crippen LogP contribution >= 0.6 is 9.24 Å². The summed E-state index contributed by atoms with van der Waals surface area (Å²) < 4.78 is 0. The number of rotatable bonds is 19. The SMILES string of the molecule is C=CCCCC(C)C(P)CCCCCCCCCCCCCCC. The van der Waals surface area contributed by atoms with Crippen LogP contribution in [0.4, 0.5) is 0 Å². The Morgan fingerprint density at radius 3 is 1.62 bits per heavy atom. The predicted molar refractivity (Wildman–Crippen MR) is 117 cm³/mol. The molecule has 0 aromatic heterocycles. The third-order valence-electron chi connectivity index (χ3n) is 5.44. The lowest BCUT2D eigenvalue weighted by molar-refractivity contribution is 0.455. The van der Waals surface area contributed by atoms with Gasteiger partial charge in [-0.3, -0.25) is 0 Å². The van der Waals surface area contributed by atoms with Crippen LogP contribution in [0.5, 0.6) is 0 Å². The van der Waals surface area contributed by atoms with Gasteiger partial charge in [-0.1, -0.05) is 103 Å². The summed E-state index contributed by atoms with van der Waals surface area (Å²) in [5.74, 6) is 0.854. The maximum Gasteiger partial charge on any atom is -0.0238 e. The molecule has 0 nitrogen and oxygen atoms in total. The molecule has 144 valence electrons. The van der Waals surface area contributed by atoms with Gasteiger partial charge in [0.1, 0.15) is 0 Å². The van der Waals surface area contributed by atoms with Gasteiger partial charge in [-0.05, 0) is 37.3 Å². The number of allylic oxidation sites excluding steroid dienone is 1. The summed E-state index contributed by atoms with van der Waals surface area (Å²) in [7, 11) is 3.10. The summed E-state index contributed by atoms with van der Waals surface area (Å²) in [6.45, 7) is 8.53. The lowest BCUT2D eigenvalue weighted by Gasteiger charge is -2.19. The van der Waals surface area contributed by atoms with Gasteiger partial charge in [0.15, 0.2) is 0 Å². The van der Waals surface area contributed by atoms with Crippen molar-refractivity contribution in [2.75, 3.05) is 0 Å². The van der Waals surface area contributed by atoms with Crippen molar-refractivity contribution in [2.24, 2.45) is 5.92 Å². The van der Waals surface area contributed by atoms with Gasteiger partial charge in [-0.15, -0.1) is 15.8 Å². The molecule has 0 rings (SSSR count). The van der Waals surface area contributed by atoms with E-state index in [0.29, 0.717) is 0 Å². The molecule has 0 heterocycles. The summed E-state index contributed by atoms with van der Waals surface area (Å²) in [5.41, 5.74) is 0.822. The van der Waals surface area contributed by atoms with Crippen molar-refractivity contribution in [1.82, 2.24) is 0 Å². The van der Waals surface area contributed by atoms with Crippen molar-refractivity contribution >= 4 is 9.24 Å². The van der Waals surface area contributed by atoms with Crippen LogP contribution in [0.3, 0.4) is 0 Å². The van der Waals surface area contributed by atoms with Gasteiger partial charge in [0.05, 0.1) is 0 Å². The van der Waals surface area contributed by atoms with Crippen LogP contribution in [0.1, 0.15) is 123 Å². The third kappa shape index (κ3) is 17.0. The highest BCUT2D eigenvalue weighted by molar-refractivity contribution is 7.17. The summed E-state index contributed by atoms with van der Waals surface area (Å²) in [6.07, 6.45) is 26.2. The lowest BCUT2D eigenvalue weighted by Crippen LogP contribution is -2.10. The molecule has 0 aliphatic carbocycles. The van der Waals surface area contributed by atoms with E-state index < -0.39 is 0 Å². The van der Waals surface area contributed by atoms with Crippen LogP contribution in [-0.4, -0.2) is 5.66 Å². The Hall–Kier alpha value is 0.170. The molecule has 0 N–H and O–H groups in total. The average molecular weight is 355 g/mol. The summed E-state index contributed by atoms with van der Waals surface area (Å²) in [6, 6.07) is 0. The van der Waals surface area contributed by atoms with Gasteiger partial charge in [-0.2, -0.15) is 0 Å². The average Bonchev–Trinajstić information content (AvgIpc) is 2.58. The first-order valence-corrected chi connectivity index (χ1v) is 11.8.